The van der Waals surface area contributed by atoms with E-state index in [0.29, 0.717) is 29.9 Å². The first-order chi connectivity index (χ1) is 7.10. The van der Waals surface area contributed by atoms with E-state index in [2.05, 4.69) is 0 Å². The fourth-order valence-corrected chi connectivity index (χ4v) is 1.66. The van der Waals surface area contributed by atoms with Crippen LogP contribution < -0.4 is 9.47 Å². The zero-order chi connectivity index (χ0) is 11.1. The molecule has 2 rings (SSSR count). The Kier molecular flexibility index (Phi) is 2.31. The molecule has 15 heavy (non-hydrogen) atoms. The molecular weight excluding hydrogens is 199 g/mol. The summed E-state index contributed by atoms with van der Waals surface area (Å²) < 4.78 is 23.4. The molecule has 0 spiro atoms. The van der Waals surface area contributed by atoms with E-state index in [0.717, 1.165) is 0 Å². The zero-order valence-electron chi connectivity index (χ0n) is 8.71. The van der Waals surface area contributed by atoms with Gasteiger partial charge in [-0.3, -0.25) is 0 Å². The summed E-state index contributed by atoms with van der Waals surface area (Å²) >= 11 is 0. The first kappa shape index (κ1) is 10.2. The zero-order valence-corrected chi connectivity index (χ0v) is 8.71. The van der Waals surface area contributed by atoms with Gasteiger partial charge in [0.15, 0.2) is 11.5 Å². The highest BCUT2D eigenvalue weighted by molar-refractivity contribution is 5.51. The maximum Gasteiger partial charge on any atom is 0.167 e. The number of rotatable bonds is 3. The lowest BCUT2D eigenvalue weighted by molar-refractivity contribution is 0.146. The molecule has 1 saturated carbocycles. The molecule has 0 atom stereocenters. The third-order valence-corrected chi connectivity index (χ3v) is 2.67. The van der Waals surface area contributed by atoms with Gasteiger partial charge in [0.2, 0.25) is 0 Å². The molecule has 0 aliphatic heterocycles. The van der Waals surface area contributed by atoms with E-state index in [4.69, 9.17) is 9.47 Å². The first-order valence-corrected chi connectivity index (χ1v) is 4.75. The van der Waals surface area contributed by atoms with Crippen LogP contribution in [0.15, 0.2) is 12.1 Å². The molecular formula is C11H13FO3. The van der Waals surface area contributed by atoms with Crippen molar-refractivity contribution in [2.75, 3.05) is 14.2 Å². The summed E-state index contributed by atoms with van der Waals surface area (Å²) in [5.74, 6) is 0.301. The van der Waals surface area contributed by atoms with Crippen molar-refractivity contribution < 1.29 is 19.0 Å². The van der Waals surface area contributed by atoms with Crippen molar-refractivity contribution >= 4 is 0 Å². The van der Waals surface area contributed by atoms with Crippen molar-refractivity contribution in [2.24, 2.45) is 0 Å². The van der Waals surface area contributed by atoms with Gasteiger partial charge in [0.1, 0.15) is 5.82 Å². The lowest BCUT2D eigenvalue weighted by Crippen LogP contribution is -2.08. The average molecular weight is 212 g/mol. The van der Waals surface area contributed by atoms with Crippen molar-refractivity contribution in [2.45, 2.75) is 18.4 Å². The molecule has 0 unspecified atom stereocenters. The van der Waals surface area contributed by atoms with Crippen molar-refractivity contribution in [3.05, 3.63) is 23.5 Å². The van der Waals surface area contributed by atoms with Gasteiger partial charge in [0, 0.05) is 11.6 Å². The molecule has 1 N–H and O–H groups in total. The topological polar surface area (TPSA) is 38.7 Å². The summed E-state index contributed by atoms with van der Waals surface area (Å²) in [5, 5.41) is 9.95. The third kappa shape index (κ3) is 1.65. The number of methoxy groups -OCH3 is 2. The maximum atomic E-state index is 13.2. The van der Waals surface area contributed by atoms with Crippen LogP contribution in [0.4, 0.5) is 4.39 Å². The lowest BCUT2D eigenvalue weighted by Gasteiger charge is -2.16. The molecule has 1 aliphatic rings. The van der Waals surface area contributed by atoms with Gasteiger partial charge in [-0.1, -0.05) is 0 Å². The maximum absolute atomic E-state index is 13.2. The Morgan fingerprint density at radius 3 is 2.40 bits per heavy atom. The van der Waals surface area contributed by atoms with Crippen molar-refractivity contribution in [1.82, 2.24) is 0 Å². The van der Waals surface area contributed by atoms with Crippen LogP contribution in [0.5, 0.6) is 11.5 Å². The van der Waals surface area contributed by atoms with Crippen LogP contribution in [-0.2, 0) is 5.60 Å². The van der Waals surface area contributed by atoms with Gasteiger partial charge in [-0.15, -0.1) is 0 Å². The van der Waals surface area contributed by atoms with E-state index in [-0.39, 0.29) is 0 Å². The van der Waals surface area contributed by atoms with E-state index in [9.17, 15) is 9.50 Å². The Morgan fingerprint density at radius 2 is 1.93 bits per heavy atom. The highest BCUT2D eigenvalue weighted by atomic mass is 19.1. The average Bonchev–Trinajstić information content (AvgIpc) is 2.96. The molecule has 82 valence electrons. The van der Waals surface area contributed by atoms with Crippen LogP contribution in [0.1, 0.15) is 18.4 Å². The van der Waals surface area contributed by atoms with Gasteiger partial charge in [0.25, 0.3) is 0 Å². The predicted octanol–water partition coefficient (Wildman–Crippen LogP) is 1.82. The number of benzene rings is 1. The molecule has 4 heteroatoms. The number of aliphatic hydroxyl groups is 1. The molecule has 0 amide bonds. The number of ether oxygens (including phenoxy) is 2. The van der Waals surface area contributed by atoms with Crippen LogP contribution in [0.2, 0.25) is 0 Å². The second kappa shape index (κ2) is 3.38. The molecule has 0 bridgehead atoms. The summed E-state index contributed by atoms with van der Waals surface area (Å²) in [4.78, 5) is 0. The molecule has 0 saturated heterocycles. The monoisotopic (exact) mass is 212 g/mol. The molecule has 0 aromatic heterocycles. The van der Waals surface area contributed by atoms with Crippen molar-refractivity contribution in [1.29, 1.82) is 0 Å². The second-order valence-corrected chi connectivity index (χ2v) is 3.72. The Labute approximate surface area is 87.4 Å². The quantitative estimate of drug-likeness (QED) is 0.830. The first-order valence-electron chi connectivity index (χ1n) is 4.75. The Morgan fingerprint density at radius 1 is 1.27 bits per heavy atom. The van der Waals surface area contributed by atoms with Crippen molar-refractivity contribution in [3.8, 4) is 11.5 Å². The second-order valence-electron chi connectivity index (χ2n) is 3.72. The van der Waals surface area contributed by atoms with E-state index in [1.54, 1.807) is 0 Å². The molecule has 1 aromatic carbocycles. The van der Waals surface area contributed by atoms with E-state index < -0.39 is 11.4 Å². The van der Waals surface area contributed by atoms with E-state index in [1.807, 2.05) is 0 Å². The normalized spacial score (nSPS) is 17.3. The molecule has 0 heterocycles. The fraction of sp³-hybridized carbons (Fsp3) is 0.455. The SMILES string of the molecule is COc1cc(F)cc(C2(O)CC2)c1OC. The minimum absolute atomic E-state index is 0.313. The highest BCUT2D eigenvalue weighted by Gasteiger charge is 2.45. The molecule has 3 nitrogen and oxygen atoms in total. The smallest absolute Gasteiger partial charge is 0.167 e. The summed E-state index contributed by atoms with van der Waals surface area (Å²) in [7, 11) is 2.92. The molecule has 1 fully saturated rings. The highest BCUT2D eigenvalue weighted by Crippen LogP contribution is 2.51. The summed E-state index contributed by atoms with van der Waals surface area (Å²) in [5.41, 5.74) is -0.456. The van der Waals surface area contributed by atoms with Gasteiger partial charge in [-0.05, 0) is 18.9 Å². The lowest BCUT2D eigenvalue weighted by atomic mass is 10.1. The minimum Gasteiger partial charge on any atom is -0.493 e. The van der Waals surface area contributed by atoms with Gasteiger partial charge < -0.3 is 14.6 Å². The van der Waals surface area contributed by atoms with E-state index >= 15 is 0 Å². The largest absolute Gasteiger partial charge is 0.493 e. The third-order valence-electron chi connectivity index (χ3n) is 2.67. The van der Waals surface area contributed by atoms with Crippen molar-refractivity contribution in [3.63, 3.8) is 0 Å². The Balaban J connectivity index is 2.56. The number of hydrogen-bond acceptors (Lipinski definition) is 3. The fourth-order valence-electron chi connectivity index (χ4n) is 1.66. The summed E-state index contributed by atoms with van der Waals surface area (Å²) in [6.45, 7) is 0. The Bertz CT molecular complexity index is 386. The molecule has 1 aromatic rings. The van der Waals surface area contributed by atoms with Gasteiger partial charge in [0.05, 0.1) is 19.8 Å². The predicted molar refractivity (Wildman–Crippen MR) is 52.6 cm³/mol. The van der Waals surface area contributed by atoms with Crippen LogP contribution in [0, 0.1) is 5.82 Å². The van der Waals surface area contributed by atoms with Gasteiger partial charge >= 0.3 is 0 Å². The van der Waals surface area contributed by atoms with E-state index in [1.165, 1.54) is 26.4 Å². The van der Waals surface area contributed by atoms with Crippen LogP contribution in [0.25, 0.3) is 0 Å². The number of hydrogen-bond donors (Lipinski definition) is 1. The summed E-state index contributed by atoms with van der Waals surface area (Å²) in [6.07, 6.45) is 1.27. The standard InChI is InChI=1S/C11H13FO3/c1-14-9-6-7(12)5-8(10(9)15-2)11(13)3-4-11/h5-6,13H,3-4H2,1-2H3. The number of halogens is 1. The Hall–Kier alpha value is -1.29. The van der Waals surface area contributed by atoms with Crippen LogP contribution in [-0.4, -0.2) is 19.3 Å². The van der Waals surface area contributed by atoms with Crippen LogP contribution >= 0.6 is 0 Å². The molecule has 1 aliphatic carbocycles. The van der Waals surface area contributed by atoms with Crippen LogP contribution in [0.3, 0.4) is 0 Å². The minimum atomic E-state index is -0.930. The van der Waals surface area contributed by atoms with Gasteiger partial charge in [-0.2, -0.15) is 0 Å². The van der Waals surface area contributed by atoms with Gasteiger partial charge in [-0.25, -0.2) is 4.39 Å². The summed E-state index contributed by atoms with van der Waals surface area (Å²) in [6, 6.07) is 2.54. The molecule has 0 radical (unpaired) electrons.